The van der Waals surface area contributed by atoms with Crippen LogP contribution in [0.15, 0.2) is 42.2 Å². The predicted molar refractivity (Wildman–Crippen MR) is 61.0 cm³/mol. The number of hydrazone groups is 1. The highest BCUT2D eigenvalue weighted by molar-refractivity contribution is 5.93. The first kappa shape index (κ1) is 12.4. The van der Waals surface area contributed by atoms with Crippen LogP contribution in [0.2, 0.25) is 0 Å². The van der Waals surface area contributed by atoms with Crippen molar-refractivity contribution in [2.75, 3.05) is 0 Å². The second-order valence-electron chi connectivity index (χ2n) is 3.08. The Bertz CT molecular complexity index is 263. The molecule has 0 radical (unpaired) electrons. The summed E-state index contributed by atoms with van der Waals surface area (Å²) in [6, 6.07) is 0. The van der Waals surface area contributed by atoms with Crippen molar-refractivity contribution in [2.45, 2.75) is 13.8 Å². The van der Waals surface area contributed by atoms with Crippen LogP contribution in [-0.2, 0) is 0 Å². The van der Waals surface area contributed by atoms with Crippen molar-refractivity contribution in [1.29, 1.82) is 0 Å². The minimum absolute atomic E-state index is 0.350. The first-order chi connectivity index (χ1) is 6.56. The van der Waals surface area contributed by atoms with Gasteiger partial charge in [0.1, 0.15) is 0 Å². The van der Waals surface area contributed by atoms with E-state index in [1.807, 2.05) is 0 Å². The third kappa shape index (κ3) is 3.45. The highest BCUT2D eigenvalue weighted by Gasteiger charge is 2.04. The molecule has 0 heterocycles. The van der Waals surface area contributed by atoms with E-state index in [1.54, 1.807) is 12.2 Å². The Hall–Kier alpha value is -1.55. The Kier molecular flexibility index (Phi) is 5.33. The Morgan fingerprint density at radius 3 is 2.29 bits per heavy atom. The third-order valence-electron chi connectivity index (χ3n) is 1.79. The van der Waals surface area contributed by atoms with Gasteiger partial charge in [-0.3, -0.25) is 5.01 Å². The van der Waals surface area contributed by atoms with Crippen LogP contribution in [0.4, 0.5) is 0 Å². The molecular formula is C10H18N4. The summed E-state index contributed by atoms with van der Waals surface area (Å²) < 4.78 is 0. The molecular weight excluding hydrogens is 176 g/mol. The largest absolute Gasteiger partial charge is 0.321 e. The van der Waals surface area contributed by atoms with Crippen LogP contribution >= 0.6 is 0 Å². The van der Waals surface area contributed by atoms with Gasteiger partial charge in [-0.2, -0.15) is 5.10 Å². The molecule has 0 atom stereocenters. The summed E-state index contributed by atoms with van der Waals surface area (Å²) in [6.45, 7) is 11.3. The van der Waals surface area contributed by atoms with E-state index in [9.17, 15) is 0 Å². The van der Waals surface area contributed by atoms with Gasteiger partial charge in [0, 0.05) is 6.20 Å². The predicted octanol–water partition coefficient (Wildman–Crippen LogP) is 1.35. The lowest BCUT2D eigenvalue weighted by Crippen LogP contribution is -2.31. The second-order valence-corrected chi connectivity index (χ2v) is 3.08. The number of nitrogens with two attached hydrogens (primary N) is 2. The molecule has 4 heteroatoms. The molecule has 0 aliphatic rings. The number of hydrogen-bond acceptors (Lipinski definition) is 3. The average molecular weight is 194 g/mol. The van der Waals surface area contributed by atoms with E-state index < -0.39 is 0 Å². The summed E-state index contributed by atoms with van der Waals surface area (Å²) in [4.78, 5) is 0. The number of hydrazine groups is 1. The number of allylic oxidation sites excluding steroid dienone is 2. The molecule has 4 N–H and O–H groups in total. The van der Waals surface area contributed by atoms with Gasteiger partial charge in [0.25, 0.3) is 0 Å². The molecule has 0 fully saturated rings. The van der Waals surface area contributed by atoms with Gasteiger partial charge in [-0.15, -0.1) is 0 Å². The lowest BCUT2D eigenvalue weighted by Gasteiger charge is -2.13. The molecule has 0 saturated heterocycles. The molecule has 0 aliphatic carbocycles. The second kappa shape index (κ2) is 5.99. The van der Waals surface area contributed by atoms with E-state index in [0.29, 0.717) is 11.8 Å². The Morgan fingerprint density at radius 1 is 1.43 bits per heavy atom. The van der Waals surface area contributed by atoms with E-state index in [1.165, 1.54) is 11.2 Å². The number of nitrogens with zero attached hydrogens (tertiary/aromatic N) is 2. The molecule has 0 aromatic rings. The normalized spacial score (nSPS) is 12.9. The van der Waals surface area contributed by atoms with Crippen molar-refractivity contribution in [3.63, 3.8) is 0 Å². The van der Waals surface area contributed by atoms with Gasteiger partial charge < -0.3 is 5.84 Å². The Morgan fingerprint density at radius 2 is 2.00 bits per heavy atom. The van der Waals surface area contributed by atoms with E-state index in [0.717, 1.165) is 5.57 Å². The van der Waals surface area contributed by atoms with E-state index in [2.05, 4.69) is 32.1 Å². The van der Waals surface area contributed by atoms with Crippen LogP contribution in [-0.4, -0.2) is 10.8 Å². The van der Waals surface area contributed by atoms with Gasteiger partial charge in [0.2, 0.25) is 0 Å². The van der Waals surface area contributed by atoms with Crippen LogP contribution < -0.4 is 11.7 Å². The van der Waals surface area contributed by atoms with E-state index in [-0.39, 0.29) is 0 Å². The average Bonchev–Trinajstić information content (AvgIpc) is 2.18. The molecule has 0 aromatic carbocycles. The Labute approximate surface area is 85.2 Å². The topological polar surface area (TPSA) is 67.6 Å². The van der Waals surface area contributed by atoms with Crippen molar-refractivity contribution in [1.82, 2.24) is 5.01 Å². The first-order valence-electron chi connectivity index (χ1n) is 4.35. The van der Waals surface area contributed by atoms with Crippen molar-refractivity contribution >= 4 is 5.84 Å². The summed E-state index contributed by atoms with van der Waals surface area (Å²) in [5.41, 5.74) is 1.02. The smallest absolute Gasteiger partial charge is 0.166 e. The lowest BCUT2D eigenvalue weighted by atomic mass is 10.0. The van der Waals surface area contributed by atoms with Crippen LogP contribution in [0, 0.1) is 5.92 Å². The molecule has 4 nitrogen and oxygen atoms in total. The number of rotatable bonds is 4. The number of amidine groups is 1. The molecule has 0 aliphatic heterocycles. The maximum Gasteiger partial charge on any atom is 0.166 e. The zero-order valence-electron chi connectivity index (χ0n) is 8.77. The monoisotopic (exact) mass is 194 g/mol. The molecule has 0 bridgehead atoms. The van der Waals surface area contributed by atoms with E-state index in [4.69, 9.17) is 11.7 Å². The van der Waals surface area contributed by atoms with Gasteiger partial charge in [-0.25, -0.2) is 5.84 Å². The van der Waals surface area contributed by atoms with Gasteiger partial charge in [-0.1, -0.05) is 33.1 Å². The summed E-state index contributed by atoms with van der Waals surface area (Å²) in [5, 5.41) is 4.81. The fraction of sp³-hybridized carbons (Fsp3) is 0.300. The highest BCUT2D eigenvalue weighted by Crippen LogP contribution is 2.10. The summed E-state index contributed by atoms with van der Waals surface area (Å²) in [6.07, 6.45) is 4.97. The quantitative estimate of drug-likeness (QED) is 0.233. The van der Waals surface area contributed by atoms with Crippen LogP contribution in [0.1, 0.15) is 13.8 Å². The number of hydrogen-bond donors (Lipinski definition) is 2. The molecule has 0 saturated carbocycles. The van der Waals surface area contributed by atoms with Crippen molar-refractivity contribution in [2.24, 2.45) is 22.7 Å². The molecule has 78 valence electrons. The van der Waals surface area contributed by atoms with Crippen molar-refractivity contribution in [3.8, 4) is 0 Å². The molecule has 0 amide bonds. The standard InChI is InChI=1S/C10H18N4/c1-5-9(8(3)4)7-10(13-11)14(12)6-2/h5-8H,1-2,11-12H2,3-4H3/b9-7+,13-10-. The fourth-order valence-electron chi connectivity index (χ4n) is 0.882. The molecule has 0 spiro atoms. The van der Waals surface area contributed by atoms with Gasteiger partial charge in [0.05, 0.1) is 0 Å². The summed E-state index contributed by atoms with van der Waals surface area (Å²) >= 11 is 0. The van der Waals surface area contributed by atoms with E-state index >= 15 is 0 Å². The first-order valence-corrected chi connectivity index (χ1v) is 4.35. The van der Waals surface area contributed by atoms with Crippen LogP contribution in [0.3, 0.4) is 0 Å². The minimum Gasteiger partial charge on any atom is -0.321 e. The van der Waals surface area contributed by atoms with Crippen LogP contribution in [0.25, 0.3) is 0 Å². The zero-order valence-corrected chi connectivity index (χ0v) is 8.77. The molecule has 0 unspecified atom stereocenters. The summed E-state index contributed by atoms with van der Waals surface area (Å²) in [5.74, 6) is 11.5. The maximum atomic E-state index is 5.56. The maximum absolute atomic E-state index is 5.56. The van der Waals surface area contributed by atoms with Crippen LogP contribution in [0.5, 0.6) is 0 Å². The molecule has 14 heavy (non-hydrogen) atoms. The van der Waals surface area contributed by atoms with Gasteiger partial charge >= 0.3 is 0 Å². The zero-order chi connectivity index (χ0) is 11.1. The van der Waals surface area contributed by atoms with Crippen molar-refractivity contribution < 1.29 is 0 Å². The van der Waals surface area contributed by atoms with Gasteiger partial charge in [-0.05, 0) is 17.6 Å². The fourth-order valence-corrected chi connectivity index (χ4v) is 0.882. The van der Waals surface area contributed by atoms with Gasteiger partial charge in [0.15, 0.2) is 5.84 Å². The molecule has 0 rings (SSSR count). The highest BCUT2D eigenvalue weighted by atomic mass is 15.4. The molecule has 0 aromatic heterocycles. The Balaban J connectivity index is 4.90. The lowest BCUT2D eigenvalue weighted by molar-refractivity contribution is 0.598. The minimum atomic E-state index is 0.350. The SMILES string of the molecule is C=C/C(=C\C(=N\N)N(N)C=C)C(C)C. The third-order valence-corrected chi connectivity index (χ3v) is 1.79. The van der Waals surface area contributed by atoms with Crippen molar-refractivity contribution in [3.05, 3.63) is 37.1 Å². The summed E-state index contributed by atoms with van der Waals surface area (Å²) in [7, 11) is 0.